The molecule has 0 amide bonds. The van der Waals surface area contributed by atoms with E-state index in [9.17, 15) is 9.59 Å². The number of rotatable bonds is 7. The first-order valence-electron chi connectivity index (χ1n) is 12.3. The van der Waals surface area contributed by atoms with E-state index in [4.69, 9.17) is 4.98 Å². The van der Waals surface area contributed by atoms with Gasteiger partial charge in [-0.2, -0.15) is 0 Å². The Labute approximate surface area is 209 Å². The summed E-state index contributed by atoms with van der Waals surface area (Å²) < 4.78 is 0. The topological polar surface area (TPSA) is 78.1 Å². The van der Waals surface area contributed by atoms with E-state index in [1.165, 1.54) is 17.3 Å². The van der Waals surface area contributed by atoms with Crippen LogP contribution in [-0.4, -0.2) is 28.8 Å². The maximum absolute atomic E-state index is 13.4. The van der Waals surface area contributed by atoms with Crippen molar-refractivity contribution in [3.63, 3.8) is 0 Å². The van der Waals surface area contributed by atoms with Crippen molar-refractivity contribution in [2.24, 2.45) is 0 Å². The lowest BCUT2D eigenvalue weighted by molar-refractivity contribution is -0.116. The summed E-state index contributed by atoms with van der Waals surface area (Å²) in [6, 6.07) is 18.4. The number of nitrogens with zero attached hydrogens (tertiary/aromatic N) is 2. The van der Waals surface area contributed by atoms with Crippen LogP contribution >= 0.6 is 11.8 Å². The molecular formula is C28H30N4O2S. The van der Waals surface area contributed by atoms with Gasteiger partial charge in [-0.15, -0.1) is 0 Å². The molecule has 6 nitrogen and oxygen atoms in total. The van der Waals surface area contributed by atoms with Crippen LogP contribution in [0.15, 0.2) is 75.8 Å². The molecule has 2 aromatic carbocycles. The summed E-state index contributed by atoms with van der Waals surface area (Å²) in [5.74, 6) is 0.981. The SMILES string of the molecule is CCN(CC)c1ccc([C@H]2C3=C(CCCC3=O)Nc3nc(SCc4ccccc4)[nH]c(=O)c32)cc1. The Morgan fingerprint density at radius 1 is 1.00 bits per heavy atom. The molecule has 1 aliphatic heterocycles. The zero-order chi connectivity index (χ0) is 24.4. The summed E-state index contributed by atoms with van der Waals surface area (Å²) in [5.41, 5.74) is 5.21. The molecule has 35 heavy (non-hydrogen) atoms. The lowest BCUT2D eigenvalue weighted by Gasteiger charge is -2.33. The molecule has 0 radical (unpaired) electrons. The number of Topliss-reactive ketones (excluding diaryl/α,β-unsaturated/α-hetero) is 1. The number of aromatic amines is 1. The Morgan fingerprint density at radius 3 is 2.46 bits per heavy atom. The van der Waals surface area contributed by atoms with Gasteiger partial charge in [0.05, 0.1) is 5.56 Å². The quantitative estimate of drug-likeness (QED) is 0.340. The van der Waals surface area contributed by atoms with Crippen LogP contribution in [0.25, 0.3) is 0 Å². The highest BCUT2D eigenvalue weighted by Crippen LogP contribution is 2.43. The van der Waals surface area contributed by atoms with Crippen molar-refractivity contribution >= 4 is 29.1 Å². The largest absolute Gasteiger partial charge is 0.372 e. The van der Waals surface area contributed by atoms with Crippen molar-refractivity contribution in [1.82, 2.24) is 9.97 Å². The number of fused-ring (bicyclic) bond motifs is 1. The van der Waals surface area contributed by atoms with Crippen LogP contribution in [0.1, 0.15) is 55.7 Å². The van der Waals surface area contributed by atoms with Gasteiger partial charge in [-0.25, -0.2) is 4.98 Å². The van der Waals surface area contributed by atoms with Crippen LogP contribution in [0.2, 0.25) is 0 Å². The first-order chi connectivity index (χ1) is 17.1. The molecule has 0 fully saturated rings. The fraction of sp³-hybridized carbons (Fsp3) is 0.321. The van der Waals surface area contributed by atoms with Crippen LogP contribution in [-0.2, 0) is 10.5 Å². The minimum atomic E-state index is -0.413. The van der Waals surface area contributed by atoms with Crippen molar-refractivity contribution in [1.29, 1.82) is 0 Å². The third-order valence-corrected chi connectivity index (χ3v) is 7.75. The number of aromatic nitrogens is 2. The van der Waals surface area contributed by atoms with Gasteiger partial charge in [0.2, 0.25) is 0 Å². The molecule has 2 heterocycles. The monoisotopic (exact) mass is 486 g/mol. The summed E-state index contributed by atoms with van der Waals surface area (Å²) in [6.45, 7) is 6.12. The first kappa shape index (κ1) is 23.4. The maximum atomic E-state index is 13.4. The van der Waals surface area contributed by atoms with E-state index in [0.29, 0.717) is 28.7 Å². The van der Waals surface area contributed by atoms with Crippen LogP contribution < -0.4 is 15.8 Å². The zero-order valence-corrected chi connectivity index (χ0v) is 21.0. The highest BCUT2D eigenvalue weighted by molar-refractivity contribution is 7.98. The lowest BCUT2D eigenvalue weighted by atomic mass is 9.76. The number of H-pyrrole nitrogens is 1. The third kappa shape index (κ3) is 4.65. The van der Waals surface area contributed by atoms with Gasteiger partial charge in [-0.1, -0.05) is 54.2 Å². The smallest absolute Gasteiger partial charge is 0.257 e. The van der Waals surface area contributed by atoms with Crippen molar-refractivity contribution in [2.45, 2.75) is 49.9 Å². The molecule has 1 aliphatic carbocycles. The number of benzene rings is 2. The molecule has 0 bridgehead atoms. The van der Waals surface area contributed by atoms with Gasteiger partial charge >= 0.3 is 0 Å². The predicted octanol–water partition coefficient (Wildman–Crippen LogP) is 5.47. The van der Waals surface area contributed by atoms with E-state index < -0.39 is 5.92 Å². The van der Waals surface area contributed by atoms with E-state index in [2.05, 4.69) is 65.4 Å². The fourth-order valence-electron chi connectivity index (χ4n) is 5.03. The summed E-state index contributed by atoms with van der Waals surface area (Å²) in [6.07, 6.45) is 2.11. The molecule has 0 saturated carbocycles. The van der Waals surface area contributed by atoms with Gasteiger partial charge < -0.3 is 15.2 Å². The Balaban J connectivity index is 1.54. The molecular weight excluding hydrogens is 456 g/mol. The molecule has 3 aromatic rings. The summed E-state index contributed by atoms with van der Waals surface area (Å²) >= 11 is 1.50. The molecule has 0 unspecified atom stereocenters. The molecule has 5 rings (SSSR count). The maximum Gasteiger partial charge on any atom is 0.257 e. The highest BCUT2D eigenvalue weighted by atomic mass is 32.2. The van der Waals surface area contributed by atoms with Gasteiger partial charge in [0.15, 0.2) is 10.9 Å². The second-order valence-electron chi connectivity index (χ2n) is 8.90. The van der Waals surface area contributed by atoms with Crippen LogP contribution in [0.3, 0.4) is 0 Å². The third-order valence-electron chi connectivity index (χ3n) is 6.81. The minimum Gasteiger partial charge on any atom is -0.372 e. The Bertz CT molecular complexity index is 1310. The zero-order valence-electron chi connectivity index (χ0n) is 20.1. The predicted molar refractivity (Wildman–Crippen MR) is 142 cm³/mol. The Hall–Kier alpha value is -3.32. The summed E-state index contributed by atoms with van der Waals surface area (Å²) in [5, 5.41) is 3.94. The van der Waals surface area contributed by atoms with E-state index in [1.54, 1.807) is 0 Å². The Morgan fingerprint density at radius 2 is 1.74 bits per heavy atom. The molecule has 2 N–H and O–H groups in total. The number of hydrogen-bond donors (Lipinski definition) is 2. The normalized spacial score (nSPS) is 17.0. The standard InChI is InChI=1S/C28H30N4O2S/c1-3-32(4-2)20-15-13-19(14-16-20)23-24-21(11-8-12-22(24)33)29-26-25(23)27(34)31-28(30-26)35-17-18-9-6-5-7-10-18/h5-7,9-10,13-16,23H,3-4,8,11-12,17H2,1-2H3,(H2,29,30,31,34)/t23-/m0/s1. The summed E-state index contributed by atoms with van der Waals surface area (Å²) in [4.78, 5) is 36.6. The average Bonchev–Trinajstić information content (AvgIpc) is 2.88. The molecule has 7 heteroatoms. The number of hydrogen-bond acceptors (Lipinski definition) is 6. The van der Waals surface area contributed by atoms with Crippen LogP contribution in [0, 0.1) is 0 Å². The van der Waals surface area contributed by atoms with Gasteiger partial charge in [0, 0.05) is 48.1 Å². The summed E-state index contributed by atoms with van der Waals surface area (Å²) in [7, 11) is 0. The van der Waals surface area contributed by atoms with Crippen LogP contribution in [0.4, 0.5) is 11.5 Å². The molecule has 1 aromatic heterocycles. The van der Waals surface area contributed by atoms with E-state index in [1.807, 2.05) is 18.2 Å². The molecule has 180 valence electrons. The number of thioether (sulfide) groups is 1. The minimum absolute atomic E-state index is 0.115. The molecule has 0 saturated heterocycles. The second-order valence-corrected chi connectivity index (χ2v) is 9.86. The molecule has 0 spiro atoms. The number of carbonyl (C=O) groups excluding carboxylic acids is 1. The molecule has 1 atom stereocenters. The van der Waals surface area contributed by atoms with E-state index >= 15 is 0 Å². The highest BCUT2D eigenvalue weighted by Gasteiger charge is 2.37. The van der Waals surface area contributed by atoms with Crippen molar-refractivity contribution in [2.75, 3.05) is 23.3 Å². The van der Waals surface area contributed by atoms with Crippen LogP contribution in [0.5, 0.6) is 0 Å². The lowest BCUT2D eigenvalue weighted by Crippen LogP contribution is -2.32. The number of ketones is 1. The van der Waals surface area contributed by atoms with Crippen molar-refractivity contribution < 1.29 is 4.79 Å². The number of carbonyl (C=O) groups is 1. The first-order valence-corrected chi connectivity index (χ1v) is 13.3. The van der Waals surface area contributed by atoms with Gasteiger partial charge in [-0.3, -0.25) is 9.59 Å². The number of allylic oxidation sites excluding steroid dienone is 2. The van der Waals surface area contributed by atoms with Gasteiger partial charge in [0.25, 0.3) is 5.56 Å². The van der Waals surface area contributed by atoms with Crippen molar-refractivity contribution in [3.05, 3.63) is 92.9 Å². The van der Waals surface area contributed by atoms with E-state index in [-0.39, 0.29) is 11.3 Å². The average molecular weight is 487 g/mol. The van der Waals surface area contributed by atoms with Gasteiger partial charge in [0.1, 0.15) is 5.82 Å². The fourth-order valence-corrected chi connectivity index (χ4v) is 5.85. The number of nitrogens with one attached hydrogen (secondary N) is 2. The van der Waals surface area contributed by atoms with Gasteiger partial charge in [-0.05, 0) is 49.9 Å². The van der Waals surface area contributed by atoms with E-state index in [0.717, 1.165) is 48.5 Å². The number of anilines is 2. The molecule has 2 aliphatic rings. The Kier molecular flexibility index (Phi) is 6.77. The second kappa shape index (κ2) is 10.1. The van der Waals surface area contributed by atoms with Crippen molar-refractivity contribution in [3.8, 4) is 0 Å².